The first kappa shape index (κ1) is 12.9. The molecule has 1 atom stereocenters. The number of fused-ring (bicyclic) bond motifs is 1. The molecule has 2 heterocycles. The molecule has 0 aliphatic heterocycles. The smallest absolute Gasteiger partial charge is 0.198 e. The van der Waals surface area contributed by atoms with E-state index in [0.717, 1.165) is 29.1 Å². The summed E-state index contributed by atoms with van der Waals surface area (Å²) in [5.74, 6) is 1.47. The van der Waals surface area contributed by atoms with E-state index in [0.29, 0.717) is 12.0 Å². The minimum atomic E-state index is 0.359. The van der Waals surface area contributed by atoms with Crippen LogP contribution in [0.15, 0.2) is 40.1 Å². The van der Waals surface area contributed by atoms with Gasteiger partial charge in [-0.25, -0.2) is 4.98 Å². The summed E-state index contributed by atoms with van der Waals surface area (Å²) in [6, 6.07) is 10.9. The minimum absolute atomic E-state index is 0.359. The monoisotopic (exact) mass is 298 g/mol. The Morgan fingerprint density at radius 3 is 3.00 bits per heavy atom. The van der Waals surface area contributed by atoms with E-state index >= 15 is 0 Å². The second kappa shape index (κ2) is 5.19. The summed E-state index contributed by atoms with van der Waals surface area (Å²) in [7, 11) is 0. The summed E-state index contributed by atoms with van der Waals surface area (Å²) in [5, 5.41) is 5.73. The fourth-order valence-electron chi connectivity index (χ4n) is 2.61. The van der Waals surface area contributed by atoms with Crippen LogP contribution in [0.25, 0.3) is 11.1 Å². The maximum absolute atomic E-state index is 5.81. The van der Waals surface area contributed by atoms with E-state index in [-0.39, 0.29) is 0 Å². The molecular formula is C17H18N2OS. The number of hydrogen-bond acceptors (Lipinski definition) is 4. The van der Waals surface area contributed by atoms with Crippen molar-refractivity contribution in [3.05, 3.63) is 46.5 Å². The third-order valence-electron chi connectivity index (χ3n) is 3.97. The Morgan fingerprint density at radius 2 is 2.29 bits per heavy atom. The van der Waals surface area contributed by atoms with E-state index < -0.39 is 0 Å². The number of benzene rings is 1. The molecule has 1 N–H and O–H groups in total. The molecule has 0 radical (unpaired) electrons. The highest BCUT2D eigenvalue weighted by Gasteiger charge is 2.28. The average molecular weight is 298 g/mol. The number of nitrogens with one attached hydrogen (secondary N) is 1. The van der Waals surface area contributed by atoms with Crippen molar-refractivity contribution in [3.63, 3.8) is 0 Å². The first-order chi connectivity index (χ1) is 10.3. The maximum atomic E-state index is 5.81. The SMILES string of the molecule is CCC(Nc1ccc2oc(C3CC3)nc2c1)c1cccs1. The number of aromatic nitrogens is 1. The fourth-order valence-corrected chi connectivity index (χ4v) is 3.47. The molecule has 4 heteroatoms. The summed E-state index contributed by atoms with van der Waals surface area (Å²) in [6.45, 7) is 2.21. The van der Waals surface area contributed by atoms with Gasteiger partial charge in [0.2, 0.25) is 0 Å². The molecule has 0 spiro atoms. The number of rotatable bonds is 5. The lowest BCUT2D eigenvalue weighted by molar-refractivity contribution is 0.533. The quantitative estimate of drug-likeness (QED) is 0.692. The van der Waals surface area contributed by atoms with Crippen LogP contribution in [0.2, 0.25) is 0 Å². The van der Waals surface area contributed by atoms with Gasteiger partial charge in [-0.15, -0.1) is 11.3 Å². The highest BCUT2D eigenvalue weighted by molar-refractivity contribution is 7.10. The van der Waals surface area contributed by atoms with Gasteiger partial charge in [0.05, 0.1) is 6.04 Å². The van der Waals surface area contributed by atoms with Gasteiger partial charge in [-0.3, -0.25) is 0 Å². The summed E-state index contributed by atoms with van der Waals surface area (Å²) >= 11 is 1.80. The first-order valence-corrected chi connectivity index (χ1v) is 8.42. The van der Waals surface area contributed by atoms with Gasteiger partial charge in [0.15, 0.2) is 11.5 Å². The van der Waals surface area contributed by atoms with Crippen molar-refractivity contribution in [2.24, 2.45) is 0 Å². The van der Waals surface area contributed by atoms with E-state index in [2.05, 4.69) is 46.9 Å². The Balaban J connectivity index is 1.60. The maximum Gasteiger partial charge on any atom is 0.198 e. The zero-order chi connectivity index (χ0) is 14.2. The molecule has 1 unspecified atom stereocenters. The number of nitrogens with zero attached hydrogens (tertiary/aromatic N) is 1. The molecule has 108 valence electrons. The van der Waals surface area contributed by atoms with Crippen LogP contribution in [0.4, 0.5) is 5.69 Å². The van der Waals surface area contributed by atoms with Gasteiger partial charge >= 0.3 is 0 Å². The molecule has 1 aromatic carbocycles. The average Bonchev–Trinajstić information content (AvgIpc) is 3.05. The van der Waals surface area contributed by atoms with Gasteiger partial charge in [-0.05, 0) is 48.9 Å². The Hall–Kier alpha value is -1.81. The lowest BCUT2D eigenvalue weighted by Crippen LogP contribution is -2.07. The van der Waals surface area contributed by atoms with Gasteiger partial charge in [0.1, 0.15) is 5.52 Å². The third kappa shape index (κ3) is 2.56. The molecule has 0 bridgehead atoms. The highest BCUT2D eigenvalue weighted by Crippen LogP contribution is 2.40. The first-order valence-electron chi connectivity index (χ1n) is 7.54. The Kier molecular flexibility index (Phi) is 3.19. The summed E-state index contributed by atoms with van der Waals surface area (Å²) < 4.78 is 5.81. The normalized spacial score (nSPS) is 16.2. The standard InChI is InChI=1S/C17H18N2OS/c1-2-13(16-4-3-9-21-16)18-12-7-8-15-14(10-12)19-17(20-15)11-5-6-11/h3-4,7-11,13,18H,2,5-6H2,1H3. The predicted molar refractivity (Wildman–Crippen MR) is 87.0 cm³/mol. The van der Waals surface area contributed by atoms with E-state index in [1.165, 1.54) is 17.7 Å². The van der Waals surface area contributed by atoms with Gasteiger partial charge in [0, 0.05) is 16.5 Å². The van der Waals surface area contributed by atoms with Crippen LogP contribution in [-0.2, 0) is 0 Å². The molecule has 1 aliphatic carbocycles. The third-order valence-corrected chi connectivity index (χ3v) is 4.95. The molecular weight excluding hydrogens is 280 g/mol. The molecule has 0 saturated heterocycles. The van der Waals surface area contributed by atoms with Crippen molar-refractivity contribution in [2.75, 3.05) is 5.32 Å². The number of anilines is 1. The van der Waals surface area contributed by atoms with Crippen LogP contribution in [-0.4, -0.2) is 4.98 Å². The minimum Gasteiger partial charge on any atom is -0.440 e. The molecule has 1 fully saturated rings. The van der Waals surface area contributed by atoms with Crippen molar-refractivity contribution in [1.82, 2.24) is 4.98 Å². The molecule has 3 aromatic rings. The molecule has 21 heavy (non-hydrogen) atoms. The molecule has 3 nitrogen and oxygen atoms in total. The second-order valence-corrected chi connectivity index (χ2v) is 6.61. The molecule has 2 aromatic heterocycles. The van der Waals surface area contributed by atoms with Crippen LogP contribution < -0.4 is 5.32 Å². The Morgan fingerprint density at radius 1 is 1.38 bits per heavy atom. The van der Waals surface area contributed by atoms with Crippen LogP contribution in [0.1, 0.15) is 48.9 Å². The van der Waals surface area contributed by atoms with Crippen molar-refractivity contribution in [2.45, 2.75) is 38.1 Å². The van der Waals surface area contributed by atoms with Gasteiger partial charge < -0.3 is 9.73 Å². The van der Waals surface area contributed by atoms with Crippen LogP contribution in [0.5, 0.6) is 0 Å². The fraction of sp³-hybridized carbons (Fsp3) is 0.353. The summed E-state index contributed by atoms with van der Waals surface area (Å²) in [5.41, 5.74) is 2.97. The van der Waals surface area contributed by atoms with Gasteiger partial charge in [-0.2, -0.15) is 0 Å². The Bertz CT molecular complexity index is 743. The van der Waals surface area contributed by atoms with Crippen molar-refractivity contribution in [1.29, 1.82) is 0 Å². The second-order valence-electron chi connectivity index (χ2n) is 5.63. The van der Waals surface area contributed by atoms with Crippen LogP contribution in [0.3, 0.4) is 0 Å². The zero-order valence-electron chi connectivity index (χ0n) is 12.0. The Labute approximate surface area is 128 Å². The predicted octanol–water partition coefficient (Wildman–Crippen LogP) is 5.33. The van der Waals surface area contributed by atoms with Crippen LogP contribution in [0, 0.1) is 0 Å². The van der Waals surface area contributed by atoms with E-state index in [1.54, 1.807) is 11.3 Å². The topological polar surface area (TPSA) is 38.1 Å². The largest absolute Gasteiger partial charge is 0.440 e. The summed E-state index contributed by atoms with van der Waals surface area (Å²) in [4.78, 5) is 6.00. The van der Waals surface area contributed by atoms with E-state index in [9.17, 15) is 0 Å². The van der Waals surface area contributed by atoms with Gasteiger partial charge in [-0.1, -0.05) is 13.0 Å². The van der Waals surface area contributed by atoms with E-state index in [4.69, 9.17) is 4.42 Å². The van der Waals surface area contributed by atoms with Crippen molar-refractivity contribution in [3.8, 4) is 0 Å². The summed E-state index contributed by atoms with van der Waals surface area (Å²) in [6.07, 6.45) is 3.49. The molecule has 0 amide bonds. The van der Waals surface area contributed by atoms with Crippen molar-refractivity contribution >= 4 is 28.1 Å². The molecule has 4 rings (SSSR count). The van der Waals surface area contributed by atoms with Crippen LogP contribution >= 0.6 is 11.3 Å². The molecule has 1 aliphatic rings. The molecule has 1 saturated carbocycles. The van der Waals surface area contributed by atoms with Crippen molar-refractivity contribution < 1.29 is 4.42 Å². The lowest BCUT2D eigenvalue weighted by atomic mass is 10.1. The zero-order valence-corrected chi connectivity index (χ0v) is 12.8. The number of hydrogen-bond donors (Lipinski definition) is 1. The lowest BCUT2D eigenvalue weighted by Gasteiger charge is -2.16. The van der Waals surface area contributed by atoms with E-state index in [1.807, 2.05) is 6.07 Å². The number of thiophene rings is 1. The number of oxazole rings is 1. The highest BCUT2D eigenvalue weighted by atomic mass is 32.1. The van der Waals surface area contributed by atoms with Gasteiger partial charge in [0.25, 0.3) is 0 Å².